The number of nitrogens with one attached hydrogen (secondary N) is 1. The molecule has 0 aromatic carbocycles. The van der Waals surface area contributed by atoms with Crippen LogP contribution < -0.4 is 5.32 Å². The summed E-state index contributed by atoms with van der Waals surface area (Å²) in [6.45, 7) is 1.48. The second-order valence-corrected chi connectivity index (χ2v) is 5.40. The molecule has 1 atom stereocenters. The number of ether oxygens (including phenoxy) is 1. The van der Waals surface area contributed by atoms with E-state index in [0.717, 1.165) is 32.5 Å². The molecule has 2 rings (SSSR count). The first-order valence-electron chi connectivity index (χ1n) is 7.37. The summed E-state index contributed by atoms with van der Waals surface area (Å²) in [6, 6.07) is 1.68. The van der Waals surface area contributed by atoms with E-state index in [1.54, 1.807) is 12.3 Å². The minimum Gasteiger partial charge on any atom is -0.394 e. The molecule has 7 heteroatoms. The van der Waals surface area contributed by atoms with Gasteiger partial charge in [0.05, 0.1) is 19.3 Å². The number of hydrogen-bond donors (Lipinski definition) is 3. The van der Waals surface area contributed by atoms with Gasteiger partial charge in [0, 0.05) is 31.9 Å². The highest BCUT2D eigenvalue weighted by atomic mass is 16.5. The zero-order valence-corrected chi connectivity index (χ0v) is 12.1. The summed E-state index contributed by atoms with van der Waals surface area (Å²) in [6.07, 6.45) is 4.23. The topological polar surface area (TPSA) is 96.6 Å². The van der Waals surface area contributed by atoms with Crippen LogP contribution in [0.1, 0.15) is 25.7 Å². The van der Waals surface area contributed by atoms with Crippen LogP contribution in [0.4, 0.5) is 5.82 Å². The number of amides is 1. The molecule has 118 valence electrons. The van der Waals surface area contributed by atoms with Gasteiger partial charge in [-0.15, -0.1) is 0 Å². The van der Waals surface area contributed by atoms with E-state index in [0.29, 0.717) is 18.2 Å². The number of carbonyl (C=O) groups is 1. The highest BCUT2D eigenvalue weighted by Crippen LogP contribution is 2.20. The Hall–Kier alpha value is -1.44. The molecule has 1 aromatic rings. The SMILES string of the molecule is O=C(CCC1CCOCC1)Nc1ccn(C[C@@H](O)CO)n1. The van der Waals surface area contributed by atoms with E-state index >= 15 is 0 Å². The fourth-order valence-electron chi connectivity index (χ4n) is 2.38. The number of carbonyl (C=O) groups excluding carboxylic acids is 1. The van der Waals surface area contributed by atoms with E-state index in [1.165, 1.54) is 4.68 Å². The van der Waals surface area contributed by atoms with E-state index in [4.69, 9.17) is 9.84 Å². The standard InChI is InChI=1S/C14H23N3O4/c18-10-12(19)9-17-6-3-13(16-17)15-14(20)2-1-11-4-7-21-8-5-11/h3,6,11-12,18-19H,1-2,4-5,7-10H2,(H,15,16,20)/t12-/m1/s1. The summed E-state index contributed by atoms with van der Waals surface area (Å²) in [5.41, 5.74) is 0. The van der Waals surface area contributed by atoms with Gasteiger partial charge in [-0.2, -0.15) is 5.10 Å². The van der Waals surface area contributed by atoms with Gasteiger partial charge in [-0.1, -0.05) is 0 Å². The molecule has 0 bridgehead atoms. The lowest BCUT2D eigenvalue weighted by Crippen LogP contribution is -2.21. The van der Waals surface area contributed by atoms with E-state index in [1.807, 2.05) is 0 Å². The molecule has 0 radical (unpaired) electrons. The van der Waals surface area contributed by atoms with Crippen LogP contribution in [0, 0.1) is 5.92 Å². The van der Waals surface area contributed by atoms with Crippen molar-refractivity contribution in [2.45, 2.75) is 38.3 Å². The fraction of sp³-hybridized carbons (Fsp3) is 0.714. The van der Waals surface area contributed by atoms with Crippen LogP contribution in [0.15, 0.2) is 12.3 Å². The quantitative estimate of drug-likeness (QED) is 0.676. The Bertz CT molecular complexity index is 443. The van der Waals surface area contributed by atoms with Crippen LogP contribution in [0.5, 0.6) is 0 Å². The van der Waals surface area contributed by atoms with Crippen LogP contribution in [0.2, 0.25) is 0 Å². The molecule has 2 heterocycles. The molecule has 1 saturated heterocycles. The molecule has 3 N–H and O–H groups in total. The van der Waals surface area contributed by atoms with Gasteiger partial charge in [0.1, 0.15) is 0 Å². The van der Waals surface area contributed by atoms with Crippen molar-refractivity contribution in [1.29, 1.82) is 0 Å². The van der Waals surface area contributed by atoms with Crippen molar-refractivity contribution < 1.29 is 19.7 Å². The second-order valence-electron chi connectivity index (χ2n) is 5.40. The smallest absolute Gasteiger partial charge is 0.225 e. The maximum atomic E-state index is 11.9. The predicted octanol–water partition coefficient (Wildman–Crippen LogP) is 0.382. The van der Waals surface area contributed by atoms with Crippen LogP contribution in [0.3, 0.4) is 0 Å². The summed E-state index contributed by atoms with van der Waals surface area (Å²) in [4.78, 5) is 11.9. The van der Waals surface area contributed by atoms with E-state index in [9.17, 15) is 9.90 Å². The Kier molecular flexibility index (Phi) is 6.16. The third-order valence-corrected chi connectivity index (χ3v) is 3.64. The van der Waals surface area contributed by atoms with E-state index in [-0.39, 0.29) is 19.1 Å². The lowest BCUT2D eigenvalue weighted by atomic mass is 9.95. The van der Waals surface area contributed by atoms with Gasteiger partial charge in [-0.05, 0) is 25.2 Å². The third-order valence-electron chi connectivity index (χ3n) is 3.64. The number of aromatic nitrogens is 2. The van der Waals surface area contributed by atoms with Gasteiger partial charge >= 0.3 is 0 Å². The largest absolute Gasteiger partial charge is 0.394 e. The number of hydrogen-bond acceptors (Lipinski definition) is 5. The molecular weight excluding hydrogens is 274 g/mol. The minimum atomic E-state index is -0.845. The molecule has 1 aromatic heterocycles. The maximum Gasteiger partial charge on any atom is 0.225 e. The number of nitrogens with zero attached hydrogens (tertiary/aromatic N) is 2. The lowest BCUT2D eigenvalue weighted by molar-refractivity contribution is -0.116. The normalized spacial score (nSPS) is 17.6. The van der Waals surface area contributed by atoms with Gasteiger partial charge in [-0.25, -0.2) is 0 Å². The Morgan fingerprint density at radius 3 is 3.00 bits per heavy atom. The van der Waals surface area contributed by atoms with Gasteiger partial charge in [-0.3, -0.25) is 9.48 Å². The monoisotopic (exact) mass is 297 g/mol. The molecule has 1 fully saturated rings. The average Bonchev–Trinajstić information content (AvgIpc) is 2.93. The highest BCUT2D eigenvalue weighted by molar-refractivity contribution is 5.89. The van der Waals surface area contributed by atoms with Crippen LogP contribution in [-0.4, -0.2) is 51.8 Å². The Labute approximate surface area is 123 Å². The van der Waals surface area contributed by atoms with Crippen molar-refractivity contribution >= 4 is 11.7 Å². The molecule has 0 aliphatic carbocycles. The van der Waals surface area contributed by atoms with Crippen LogP contribution in [0.25, 0.3) is 0 Å². The van der Waals surface area contributed by atoms with Gasteiger partial charge < -0.3 is 20.3 Å². The highest BCUT2D eigenvalue weighted by Gasteiger charge is 2.15. The second kappa shape index (κ2) is 8.11. The van der Waals surface area contributed by atoms with Crippen molar-refractivity contribution in [1.82, 2.24) is 9.78 Å². The van der Waals surface area contributed by atoms with Crippen molar-refractivity contribution in [3.05, 3.63) is 12.3 Å². The zero-order valence-electron chi connectivity index (χ0n) is 12.1. The zero-order chi connectivity index (χ0) is 15.1. The molecule has 1 aliphatic heterocycles. The molecule has 7 nitrogen and oxygen atoms in total. The number of anilines is 1. The number of aliphatic hydroxyl groups is 2. The minimum absolute atomic E-state index is 0.0468. The Morgan fingerprint density at radius 1 is 1.52 bits per heavy atom. The first-order chi connectivity index (χ1) is 10.2. The summed E-state index contributed by atoms with van der Waals surface area (Å²) >= 11 is 0. The van der Waals surface area contributed by atoms with Gasteiger partial charge in [0.25, 0.3) is 0 Å². The van der Waals surface area contributed by atoms with E-state index < -0.39 is 6.10 Å². The van der Waals surface area contributed by atoms with Gasteiger partial charge in [0.2, 0.25) is 5.91 Å². The average molecular weight is 297 g/mol. The summed E-state index contributed by atoms with van der Waals surface area (Å²) in [7, 11) is 0. The molecule has 1 aliphatic rings. The van der Waals surface area contributed by atoms with E-state index in [2.05, 4.69) is 10.4 Å². The van der Waals surface area contributed by atoms with Crippen molar-refractivity contribution in [3.8, 4) is 0 Å². The summed E-state index contributed by atoms with van der Waals surface area (Å²) in [5.74, 6) is 0.994. The molecule has 0 unspecified atom stereocenters. The first kappa shape index (κ1) is 15.9. The third kappa shape index (κ3) is 5.45. The van der Waals surface area contributed by atoms with Crippen molar-refractivity contribution in [2.24, 2.45) is 5.92 Å². The summed E-state index contributed by atoms with van der Waals surface area (Å²) < 4.78 is 6.79. The number of aliphatic hydroxyl groups excluding tert-OH is 2. The summed E-state index contributed by atoms with van der Waals surface area (Å²) in [5, 5.41) is 25.0. The molecule has 0 spiro atoms. The lowest BCUT2D eigenvalue weighted by Gasteiger charge is -2.21. The first-order valence-corrected chi connectivity index (χ1v) is 7.37. The Morgan fingerprint density at radius 2 is 2.29 bits per heavy atom. The molecule has 1 amide bonds. The molecule has 21 heavy (non-hydrogen) atoms. The number of rotatable bonds is 7. The van der Waals surface area contributed by atoms with Crippen molar-refractivity contribution in [3.63, 3.8) is 0 Å². The van der Waals surface area contributed by atoms with Gasteiger partial charge in [0.15, 0.2) is 5.82 Å². The predicted molar refractivity (Wildman–Crippen MR) is 76.7 cm³/mol. The fourth-order valence-corrected chi connectivity index (χ4v) is 2.38. The molecular formula is C14H23N3O4. The molecule has 0 saturated carbocycles. The Balaban J connectivity index is 1.72. The van der Waals surface area contributed by atoms with Crippen LogP contribution in [-0.2, 0) is 16.1 Å². The van der Waals surface area contributed by atoms with Crippen LogP contribution >= 0.6 is 0 Å². The maximum absolute atomic E-state index is 11.9. The van der Waals surface area contributed by atoms with Crippen molar-refractivity contribution in [2.75, 3.05) is 25.1 Å².